The van der Waals surface area contributed by atoms with Crippen molar-refractivity contribution in [2.75, 3.05) is 11.9 Å². The monoisotopic (exact) mass is 323 g/mol. The van der Waals surface area contributed by atoms with Gasteiger partial charge in [-0.3, -0.25) is 4.79 Å². The van der Waals surface area contributed by atoms with E-state index in [1.807, 2.05) is 32.0 Å². The number of amides is 1. The molecule has 110 valence electrons. The molecule has 0 atom stereocenters. The SMILES string of the molecule is Cc1cccc(C)c1OCC(=O)Nc1ccc(Cl)c(Cl)c1. The number of hydrogen-bond acceptors (Lipinski definition) is 2. The van der Waals surface area contributed by atoms with Crippen molar-refractivity contribution < 1.29 is 9.53 Å². The Balaban J connectivity index is 1.97. The standard InChI is InChI=1S/C16H15Cl2NO2/c1-10-4-3-5-11(2)16(10)21-9-15(20)19-12-6-7-13(17)14(18)8-12/h3-8H,9H2,1-2H3,(H,19,20). The molecule has 2 aromatic rings. The summed E-state index contributed by atoms with van der Waals surface area (Å²) in [6, 6.07) is 10.8. The second kappa shape index (κ2) is 6.83. The largest absolute Gasteiger partial charge is 0.483 e. The Bertz CT molecular complexity index is 651. The van der Waals surface area contributed by atoms with E-state index in [2.05, 4.69) is 5.32 Å². The predicted octanol–water partition coefficient (Wildman–Crippen LogP) is 4.63. The summed E-state index contributed by atoms with van der Waals surface area (Å²) in [4.78, 5) is 11.9. The van der Waals surface area contributed by atoms with Crippen molar-refractivity contribution in [3.63, 3.8) is 0 Å². The third-order valence-electron chi connectivity index (χ3n) is 2.96. The van der Waals surface area contributed by atoms with E-state index in [-0.39, 0.29) is 12.5 Å². The molecular weight excluding hydrogens is 309 g/mol. The van der Waals surface area contributed by atoms with Gasteiger partial charge < -0.3 is 10.1 Å². The van der Waals surface area contributed by atoms with E-state index in [0.717, 1.165) is 16.9 Å². The minimum absolute atomic E-state index is 0.0636. The molecule has 0 aliphatic heterocycles. The van der Waals surface area contributed by atoms with Gasteiger partial charge in [0, 0.05) is 5.69 Å². The average molecular weight is 324 g/mol. The number of halogens is 2. The van der Waals surface area contributed by atoms with Crippen molar-refractivity contribution in [3.05, 3.63) is 57.6 Å². The predicted molar refractivity (Wildman–Crippen MR) is 86.5 cm³/mol. The van der Waals surface area contributed by atoms with E-state index in [1.54, 1.807) is 18.2 Å². The number of ether oxygens (including phenoxy) is 1. The van der Waals surface area contributed by atoms with Gasteiger partial charge in [-0.2, -0.15) is 0 Å². The summed E-state index contributed by atoms with van der Waals surface area (Å²) in [6.45, 7) is 3.82. The van der Waals surface area contributed by atoms with E-state index in [0.29, 0.717) is 15.7 Å². The van der Waals surface area contributed by atoms with Crippen LogP contribution in [0.5, 0.6) is 5.75 Å². The van der Waals surface area contributed by atoms with Crippen molar-refractivity contribution in [1.29, 1.82) is 0 Å². The van der Waals surface area contributed by atoms with Crippen LogP contribution in [0.1, 0.15) is 11.1 Å². The van der Waals surface area contributed by atoms with E-state index >= 15 is 0 Å². The molecule has 0 spiro atoms. The lowest BCUT2D eigenvalue weighted by atomic mass is 10.1. The first kappa shape index (κ1) is 15.7. The van der Waals surface area contributed by atoms with Crippen molar-refractivity contribution in [2.24, 2.45) is 0 Å². The van der Waals surface area contributed by atoms with Gasteiger partial charge in [0.25, 0.3) is 5.91 Å². The summed E-state index contributed by atoms with van der Waals surface area (Å²) in [5.74, 6) is 0.484. The highest BCUT2D eigenvalue weighted by atomic mass is 35.5. The number of para-hydroxylation sites is 1. The minimum atomic E-state index is -0.254. The number of nitrogens with one attached hydrogen (secondary N) is 1. The summed E-state index contributed by atoms with van der Waals surface area (Å²) in [5, 5.41) is 3.55. The molecule has 2 aromatic carbocycles. The van der Waals surface area contributed by atoms with Crippen molar-refractivity contribution in [3.8, 4) is 5.75 Å². The lowest BCUT2D eigenvalue weighted by Crippen LogP contribution is -2.20. The first-order chi connectivity index (χ1) is 9.97. The van der Waals surface area contributed by atoms with Gasteiger partial charge in [-0.05, 0) is 43.2 Å². The van der Waals surface area contributed by atoms with Crippen LogP contribution in [-0.4, -0.2) is 12.5 Å². The zero-order valence-electron chi connectivity index (χ0n) is 11.7. The maximum Gasteiger partial charge on any atom is 0.262 e. The number of hydrogen-bond donors (Lipinski definition) is 1. The van der Waals surface area contributed by atoms with Gasteiger partial charge in [0.2, 0.25) is 0 Å². The van der Waals surface area contributed by atoms with Gasteiger partial charge in [0.1, 0.15) is 5.75 Å². The third kappa shape index (κ3) is 4.13. The first-order valence-corrected chi connectivity index (χ1v) is 7.17. The number of carbonyl (C=O) groups excluding carboxylic acids is 1. The van der Waals surface area contributed by atoms with Gasteiger partial charge in [0.05, 0.1) is 10.0 Å². The molecular formula is C16H15Cl2NO2. The Hall–Kier alpha value is -1.71. The van der Waals surface area contributed by atoms with Crippen LogP contribution in [0.2, 0.25) is 10.0 Å². The quantitative estimate of drug-likeness (QED) is 0.890. The summed E-state index contributed by atoms with van der Waals surface area (Å²) < 4.78 is 5.58. The fourth-order valence-corrected chi connectivity index (χ4v) is 2.23. The van der Waals surface area contributed by atoms with Gasteiger partial charge in [-0.1, -0.05) is 41.4 Å². The topological polar surface area (TPSA) is 38.3 Å². The van der Waals surface area contributed by atoms with E-state index in [1.165, 1.54) is 0 Å². The molecule has 3 nitrogen and oxygen atoms in total. The van der Waals surface area contributed by atoms with Crippen molar-refractivity contribution >= 4 is 34.8 Å². The fraction of sp³-hybridized carbons (Fsp3) is 0.188. The fourth-order valence-electron chi connectivity index (χ4n) is 1.94. The normalized spacial score (nSPS) is 10.3. The number of rotatable bonds is 4. The smallest absolute Gasteiger partial charge is 0.262 e. The lowest BCUT2D eigenvalue weighted by Gasteiger charge is -2.12. The summed E-state index contributed by atoms with van der Waals surface area (Å²) >= 11 is 11.7. The minimum Gasteiger partial charge on any atom is -0.483 e. The molecule has 0 aliphatic rings. The van der Waals surface area contributed by atoms with Crippen LogP contribution in [0, 0.1) is 13.8 Å². The molecule has 0 aromatic heterocycles. The zero-order chi connectivity index (χ0) is 15.4. The maximum absolute atomic E-state index is 11.9. The van der Waals surface area contributed by atoms with Crippen molar-refractivity contribution in [2.45, 2.75) is 13.8 Å². The van der Waals surface area contributed by atoms with E-state index in [4.69, 9.17) is 27.9 Å². The zero-order valence-corrected chi connectivity index (χ0v) is 13.3. The van der Waals surface area contributed by atoms with Crippen LogP contribution in [0.15, 0.2) is 36.4 Å². The highest BCUT2D eigenvalue weighted by molar-refractivity contribution is 6.42. The van der Waals surface area contributed by atoms with Crippen LogP contribution in [0.3, 0.4) is 0 Å². The van der Waals surface area contributed by atoms with Crippen molar-refractivity contribution in [1.82, 2.24) is 0 Å². The van der Waals surface area contributed by atoms with Gasteiger partial charge >= 0.3 is 0 Å². The second-order valence-electron chi connectivity index (χ2n) is 4.69. The molecule has 0 aliphatic carbocycles. The Morgan fingerprint density at radius 2 is 1.76 bits per heavy atom. The number of carbonyl (C=O) groups is 1. The van der Waals surface area contributed by atoms with Gasteiger partial charge in [0.15, 0.2) is 6.61 Å². The van der Waals surface area contributed by atoms with Crippen LogP contribution >= 0.6 is 23.2 Å². The molecule has 2 rings (SSSR count). The summed E-state index contributed by atoms with van der Waals surface area (Å²) in [7, 11) is 0. The van der Waals surface area contributed by atoms with Gasteiger partial charge in [-0.15, -0.1) is 0 Å². The molecule has 0 radical (unpaired) electrons. The molecule has 5 heteroatoms. The number of anilines is 1. The number of benzene rings is 2. The molecule has 0 saturated heterocycles. The Kier molecular flexibility index (Phi) is 5.10. The van der Waals surface area contributed by atoms with E-state index in [9.17, 15) is 4.79 Å². The molecule has 1 N–H and O–H groups in total. The third-order valence-corrected chi connectivity index (χ3v) is 3.70. The van der Waals surface area contributed by atoms with Crippen LogP contribution in [0.4, 0.5) is 5.69 Å². The average Bonchev–Trinajstić information content (AvgIpc) is 2.42. The van der Waals surface area contributed by atoms with E-state index < -0.39 is 0 Å². The lowest BCUT2D eigenvalue weighted by molar-refractivity contribution is -0.118. The van der Waals surface area contributed by atoms with Crippen LogP contribution in [0.25, 0.3) is 0 Å². The first-order valence-electron chi connectivity index (χ1n) is 6.41. The second-order valence-corrected chi connectivity index (χ2v) is 5.50. The molecule has 1 amide bonds. The molecule has 0 saturated carbocycles. The Labute approximate surface area is 133 Å². The molecule has 21 heavy (non-hydrogen) atoms. The highest BCUT2D eigenvalue weighted by Crippen LogP contribution is 2.25. The Morgan fingerprint density at radius 1 is 1.10 bits per heavy atom. The Morgan fingerprint density at radius 3 is 2.38 bits per heavy atom. The molecule has 0 fully saturated rings. The number of aryl methyl sites for hydroxylation is 2. The summed E-state index contributed by atoms with van der Waals surface area (Å²) in [5.41, 5.74) is 2.58. The van der Waals surface area contributed by atoms with Gasteiger partial charge in [-0.25, -0.2) is 0 Å². The molecule has 0 heterocycles. The summed E-state index contributed by atoms with van der Waals surface area (Å²) in [6.07, 6.45) is 0. The highest BCUT2D eigenvalue weighted by Gasteiger charge is 2.08. The molecule has 0 unspecified atom stereocenters. The maximum atomic E-state index is 11.9. The molecule has 0 bridgehead atoms. The van der Waals surface area contributed by atoms with Crippen LogP contribution in [-0.2, 0) is 4.79 Å². The van der Waals surface area contributed by atoms with Crippen LogP contribution < -0.4 is 10.1 Å².